The maximum Gasteiger partial charge on any atom is 0.275 e. The van der Waals surface area contributed by atoms with Gasteiger partial charge in [0.25, 0.3) is 5.91 Å². The molecule has 206 valence electrons. The summed E-state index contributed by atoms with van der Waals surface area (Å²) in [6, 6.07) is 2.19. The summed E-state index contributed by atoms with van der Waals surface area (Å²) in [5.74, 6) is -6.14. The highest BCUT2D eigenvalue weighted by Gasteiger charge is 2.50. The third kappa shape index (κ3) is 5.58. The van der Waals surface area contributed by atoms with E-state index in [1.165, 1.54) is 24.0 Å². The number of rotatable bonds is 8. The Hall–Kier alpha value is -2.93. The molecule has 2 aliphatic rings. The van der Waals surface area contributed by atoms with E-state index >= 15 is 4.39 Å². The Bertz CT molecular complexity index is 1240. The smallest absolute Gasteiger partial charge is 0.275 e. The maximum atomic E-state index is 15.1. The highest BCUT2D eigenvalue weighted by atomic mass is 32.2. The molecule has 2 heterocycles. The van der Waals surface area contributed by atoms with Gasteiger partial charge in [-0.3, -0.25) is 9.79 Å². The van der Waals surface area contributed by atoms with Crippen LogP contribution in [0.1, 0.15) is 49.7 Å². The van der Waals surface area contributed by atoms with Crippen LogP contribution in [0.2, 0.25) is 0 Å². The lowest BCUT2D eigenvalue weighted by Crippen LogP contribution is -2.50. The number of ether oxygens (including phenoxy) is 2. The first-order valence-corrected chi connectivity index (χ1v) is 12.7. The first kappa shape index (κ1) is 28.1. The minimum Gasteiger partial charge on any atom is -0.476 e. The van der Waals surface area contributed by atoms with Crippen molar-refractivity contribution in [2.45, 2.75) is 49.8 Å². The fraction of sp³-hybridized carbons (Fsp3) is 0.520. The molecule has 4 rings (SSSR count). The molecule has 1 aromatic heterocycles. The predicted molar refractivity (Wildman–Crippen MR) is 136 cm³/mol. The van der Waals surface area contributed by atoms with Crippen LogP contribution in [0.4, 0.5) is 23.2 Å². The standard InChI is InChI=1S/C25H29F4N5O3S/c1-13-23(2,12-36-4)38-22(30)34-24(13,3)16-5-15(6-17(26)20(16)27)33-21(35)18-9-32-19(10-31-18)37-11-14-7-25(28,29)8-14/h5-6,9-10,13-14H,7-8,11-12H2,1-4H3,(H2,30,34)(H,33,35)/t13-,23-,24+/m1/s1. The molecule has 1 amide bonds. The molecule has 0 bridgehead atoms. The van der Waals surface area contributed by atoms with Crippen molar-refractivity contribution in [1.82, 2.24) is 9.97 Å². The van der Waals surface area contributed by atoms with Gasteiger partial charge in [0.05, 0.1) is 31.1 Å². The quantitative estimate of drug-likeness (QED) is 0.452. The van der Waals surface area contributed by atoms with E-state index in [2.05, 4.69) is 20.3 Å². The van der Waals surface area contributed by atoms with Gasteiger partial charge in [0.15, 0.2) is 16.8 Å². The van der Waals surface area contributed by atoms with E-state index in [0.29, 0.717) is 6.61 Å². The largest absolute Gasteiger partial charge is 0.476 e. The van der Waals surface area contributed by atoms with Crippen LogP contribution in [0, 0.1) is 23.5 Å². The summed E-state index contributed by atoms with van der Waals surface area (Å²) in [7, 11) is 1.55. The lowest BCUT2D eigenvalue weighted by molar-refractivity contribution is -0.119. The Morgan fingerprint density at radius 2 is 1.92 bits per heavy atom. The number of aromatic nitrogens is 2. The highest BCUT2D eigenvalue weighted by Crippen LogP contribution is 2.50. The summed E-state index contributed by atoms with van der Waals surface area (Å²) < 4.78 is 65.9. The molecule has 1 saturated carbocycles. The van der Waals surface area contributed by atoms with Gasteiger partial charge in [0.2, 0.25) is 11.8 Å². The molecule has 2 aromatic rings. The van der Waals surface area contributed by atoms with Gasteiger partial charge in [-0.05, 0) is 19.9 Å². The first-order chi connectivity index (χ1) is 17.8. The summed E-state index contributed by atoms with van der Waals surface area (Å²) in [5.41, 5.74) is 4.65. The Morgan fingerprint density at radius 3 is 2.53 bits per heavy atom. The zero-order valence-corrected chi connectivity index (χ0v) is 22.2. The Labute approximate surface area is 221 Å². The molecule has 13 heteroatoms. The third-order valence-corrected chi connectivity index (χ3v) is 8.44. The van der Waals surface area contributed by atoms with Gasteiger partial charge in [-0.25, -0.2) is 27.5 Å². The van der Waals surface area contributed by atoms with Crippen molar-refractivity contribution in [3.63, 3.8) is 0 Å². The molecule has 8 nitrogen and oxygen atoms in total. The van der Waals surface area contributed by atoms with Crippen molar-refractivity contribution in [1.29, 1.82) is 0 Å². The number of carbonyl (C=O) groups is 1. The topological polar surface area (TPSA) is 112 Å². The minimum atomic E-state index is -2.64. The number of amides is 1. The van der Waals surface area contributed by atoms with Gasteiger partial charge in [-0.2, -0.15) is 0 Å². The van der Waals surface area contributed by atoms with Crippen molar-refractivity contribution in [2.24, 2.45) is 22.6 Å². The molecule has 0 spiro atoms. The second kappa shape index (κ2) is 10.3. The molecule has 1 fully saturated rings. The van der Waals surface area contributed by atoms with Crippen molar-refractivity contribution >= 4 is 28.5 Å². The lowest BCUT2D eigenvalue weighted by Gasteiger charge is -2.47. The molecule has 0 unspecified atom stereocenters. The van der Waals surface area contributed by atoms with Crippen LogP contribution in [0.15, 0.2) is 29.5 Å². The van der Waals surface area contributed by atoms with Gasteiger partial charge in [-0.15, -0.1) is 0 Å². The summed E-state index contributed by atoms with van der Waals surface area (Å²) in [6.45, 7) is 5.81. The zero-order valence-electron chi connectivity index (χ0n) is 21.4. The van der Waals surface area contributed by atoms with Crippen molar-refractivity contribution in [2.75, 3.05) is 25.6 Å². The number of thioether (sulfide) groups is 1. The molecule has 0 radical (unpaired) electrons. The van der Waals surface area contributed by atoms with Crippen molar-refractivity contribution < 1.29 is 31.8 Å². The van der Waals surface area contributed by atoms with E-state index in [0.717, 1.165) is 12.3 Å². The van der Waals surface area contributed by atoms with Crippen molar-refractivity contribution in [3.05, 3.63) is 47.4 Å². The van der Waals surface area contributed by atoms with Crippen LogP contribution in [0.25, 0.3) is 0 Å². The Kier molecular flexibility index (Phi) is 7.63. The van der Waals surface area contributed by atoms with E-state index < -0.39 is 33.8 Å². The van der Waals surface area contributed by atoms with Crippen LogP contribution >= 0.6 is 11.8 Å². The van der Waals surface area contributed by atoms with E-state index in [1.807, 2.05) is 13.8 Å². The number of amidine groups is 1. The number of nitrogens with one attached hydrogen (secondary N) is 1. The summed E-state index contributed by atoms with van der Waals surface area (Å²) in [5, 5.41) is 2.72. The second-order valence-corrected chi connectivity index (χ2v) is 11.7. The van der Waals surface area contributed by atoms with Gasteiger partial charge in [0.1, 0.15) is 5.69 Å². The van der Waals surface area contributed by atoms with Crippen LogP contribution < -0.4 is 15.8 Å². The molecule has 1 aliphatic heterocycles. The van der Waals surface area contributed by atoms with Gasteiger partial charge >= 0.3 is 0 Å². The maximum absolute atomic E-state index is 15.1. The van der Waals surface area contributed by atoms with Crippen molar-refractivity contribution in [3.8, 4) is 5.88 Å². The minimum absolute atomic E-state index is 0.00851. The number of aliphatic imine (C=N–C) groups is 1. The number of halogens is 4. The van der Waals surface area contributed by atoms with Crippen LogP contribution in [-0.2, 0) is 10.3 Å². The van der Waals surface area contributed by atoms with E-state index in [-0.39, 0.29) is 59.3 Å². The average Bonchev–Trinajstić information content (AvgIpc) is 2.82. The molecular weight excluding hydrogens is 526 g/mol. The predicted octanol–water partition coefficient (Wildman–Crippen LogP) is 4.75. The Balaban J connectivity index is 1.51. The molecule has 3 N–H and O–H groups in total. The monoisotopic (exact) mass is 555 g/mol. The number of carbonyl (C=O) groups excluding carboxylic acids is 1. The molecular formula is C25H29F4N5O3S. The number of benzene rings is 1. The zero-order chi connectivity index (χ0) is 27.9. The lowest BCUT2D eigenvalue weighted by atomic mass is 9.74. The van der Waals surface area contributed by atoms with Gasteiger partial charge in [-0.1, -0.05) is 18.7 Å². The second-order valence-electron chi connectivity index (χ2n) is 10.1. The molecule has 38 heavy (non-hydrogen) atoms. The van der Waals surface area contributed by atoms with Gasteiger partial charge < -0.3 is 20.5 Å². The normalized spacial score (nSPS) is 26.8. The third-order valence-electron chi connectivity index (χ3n) is 7.20. The summed E-state index contributed by atoms with van der Waals surface area (Å²) in [4.78, 5) is 25.2. The van der Waals surface area contributed by atoms with E-state index in [9.17, 15) is 18.0 Å². The summed E-state index contributed by atoms with van der Waals surface area (Å²) >= 11 is 1.31. The van der Waals surface area contributed by atoms with Crippen LogP contribution in [0.3, 0.4) is 0 Å². The fourth-order valence-corrected chi connectivity index (χ4v) is 6.14. The van der Waals surface area contributed by atoms with E-state index in [1.54, 1.807) is 14.0 Å². The Morgan fingerprint density at radius 1 is 1.21 bits per heavy atom. The number of hydrogen-bond acceptors (Lipinski definition) is 8. The van der Waals surface area contributed by atoms with E-state index in [4.69, 9.17) is 15.2 Å². The number of nitrogens with two attached hydrogens (primary N) is 1. The number of hydrogen-bond donors (Lipinski definition) is 2. The molecule has 0 saturated heterocycles. The molecule has 3 atom stereocenters. The number of anilines is 1. The van der Waals surface area contributed by atoms with Gasteiger partial charge in [0, 0.05) is 53.9 Å². The number of nitrogens with zero attached hydrogens (tertiary/aromatic N) is 3. The van der Waals surface area contributed by atoms with Crippen LogP contribution in [0.5, 0.6) is 5.88 Å². The first-order valence-electron chi connectivity index (χ1n) is 11.9. The number of alkyl halides is 2. The number of methoxy groups -OCH3 is 1. The fourth-order valence-electron chi connectivity index (χ4n) is 4.84. The summed E-state index contributed by atoms with van der Waals surface area (Å²) in [6.07, 6.45) is 1.86. The molecule has 1 aliphatic carbocycles. The average molecular weight is 556 g/mol. The molecule has 1 aromatic carbocycles. The highest BCUT2D eigenvalue weighted by molar-refractivity contribution is 8.15. The van der Waals surface area contributed by atoms with Crippen LogP contribution in [-0.4, -0.2) is 52.0 Å². The SMILES string of the molecule is COC[C@@]1(C)SC(N)=N[C@](C)(c2cc(NC(=O)c3cnc(OCC4CC(F)(F)C4)cn3)cc(F)c2F)[C@@H]1C.